The van der Waals surface area contributed by atoms with Crippen LogP contribution in [0.3, 0.4) is 0 Å². The van der Waals surface area contributed by atoms with Crippen LogP contribution in [0.2, 0.25) is 0 Å². The van der Waals surface area contributed by atoms with Crippen molar-refractivity contribution in [3.63, 3.8) is 0 Å². The van der Waals surface area contributed by atoms with E-state index in [4.69, 9.17) is 10.3 Å². The quantitative estimate of drug-likeness (QED) is 0.614. The Kier molecular flexibility index (Phi) is 5.34. The molecule has 28 heavy (non-hydrogen) atoms. The summed E-state index contributed by atoms with van der Waals surface area (Å²) in [7, 11) is 0. The smallest absolute Gasteiger partial charge is 0.264 e. The van der Waals surface area contributed by atoms with Crippen molar-refractivity contribution in [3.05, 3.63) is 30.3 Å². The summed E-state index contributed by atoms with van der Waals surface area (Å²) in [6.45, 7) is 0.0651. The van der Waals surface area contributed by atoms with Gasteiger partial charge in [-0.15, -0.1) is 11.8 Å². The van der Waals surface area contributed by atoms with Crippen molar-refractivity contribution < 1.29 is 9.32 Å². The normalized spacial score (nSPS) is 14.5. The predicted octanol–water partition coefficient (Wildman–Crippen LogP) is 2.96. The molecule has 0 aliphatic heterocycles. The van der Waals surface area contributed by atoms with Crippen molar-refractivity contribution in [2.24, 2.45) is 0 Å². The second kappa shape index (κ2) is 8.05. The van der Waals surface area contributed by atoms with Crippen molar-refractivity contribution >= 4 is 23.5 Å². The number of carbonyl (C=O) groups is 1. The maximum atomic E-state index is 12.4. The molecule has 0 saturated heterocycles. The fraction of sp³-hybridized carbons (Fsp3) is 0.368. The molecule has 9 heteroatoms. The first-order valence-corrected chi connectivity index (χ1v) is 10.5. The van der Waals surface area contributed by atoms with Gasteiger partial charge in [0.25, 0.3) is 5.89 Å². The van der Waals surface area contributed by atoms with E-state index in [1.54, 1.807) is 0 Å². The molecular formula is C19H22N6O2S. The molecule has 1 amide bonds. The summed E-state index contributed by atoms with van der Waals surface area (Å²) in [5.74, 6) is 1.03. The van der Waals surface area contributed by atoms with Crippen LogP contribution in [0.4, 0.5) is 5.82 Å². The third-order valence-electron chi connectivity index (χ3n) is 4.84. The van der Waals surface area contributed by atoms with Crippen LogP contribution in [0.25, 0.3) is 22.8 Å². The van der Waals surface area contributed by atoms with Gasteiger partial charge in [-0.05, 0) is 19.1 Å². The lowest BCUT2D eigenvalue weighted by Gasteiger charge is -2.12. The van der Waals surface area contributed by atoms with Crippen molar-refractivity contribution in [3.8, 4) is 22.8 Å². The van der Waals surface area contributed by atoms with Gasteiger partial charge < -0.3 is 15.6 Å². The molecule has 3 aromatic rings. The Morgan fingerprint density at radius 3 is 2.79 bits per heavy atom. The Morgan fingerprint density at radius 2 is 2.07 bits per heavy atom. The third kappa shape index (κ3) is 3.75. The highest BCUT2D eigenvalue weighted by Crippen LogP contribution is 2.34. The fourth-order valence-electron chi connectivity index (χ4n) is 3.43. The summed E-state index contributed by atoms with van der Waals surface area (Å²) < 4.78 is 6.94. The molecule has 0 atom stereocenters. The number of nitrogens with zero attached hydrogens (tertiary/aromatic N) is 4. The van der Waals surface area contributed by atoms with E-state index in [0.29, 0.717) is 28.1 Å². The van der Waals surface area contributed by atoms with Crippen LogP contribution in [0, 0.1) is 0 Å². The molecule has 0 bridgehead atoms. The molecule has 1 fully saturated rings. The number of hydrogen-bond acceptors (Lipinski definition) is 7. The zero-order valence-corrected chi connectivity index (χ0v) is 16.4. The Bertz CT molecular complexity index is 962. The molecule has 3 N–H and O–H groups in total. The van der Waals surface area contributed by atoms with Crippen molar-refractivity contribution in [1.82, 2.24) is 25.2 Å². The second-order valence-corrected chi connectivity index (χ2v) is 7.56. The highest BCUT2D eigenvalue weighted by atomic mass is 32.2. The number of hydrogen-bond donors (Lipinski definition) is 2. The monoisotopic (exact) mass is 398 g/mol. The van der Waals surface area contributed by atoms with E-state index in [1.165, 1.54) is 16.4 Å². The zero-order valence-electron chi connectivity index (χ0n) is 15.6. The average molecular weight is 398 g/mol. The molecular weight excluding hydrogens is 376 g/mol. The Balaban J connectivity index is 1.58. The number of anilines is 1. The topological polar surface area (TPSA) is 112 Å². The van der Waals surface area contributed by atoms with E-state index in [-0.39, 0.29) is 18.5 Å². The van der Waals surface area contributed by atoms with Crippen molar-refractivity contribution in [2.45, 2.75) is 43.3 Å². The number of nitrogens with one attached hydrogen (secondary N) is 1. The zero-order chi connectivity index (χ0) is 19.5. The predicted molar refractivity (Wildman–Crippen MR) is 108 cm³/mol. The molecule has 146 valence electrons. The molecule has 0 spiro atoms. The molecule has 1 aromatic carbocycles. The van der Waals surface area contributed by atoms with E-state index in [2.05, 4.69) is 20.6 Å². The lowest BCUT2D eigenvalue weighted by Crippen LogP contribution is -2.35. The maximum Gasteiger partial charge on any atom is 0.264 e. The van der Waals surface area contributed by atoms with Crippen LogP contribution < -0.4 is 11.1 Å². The number of thioether (sulfide) groups is 1. The summed E-state index contributed by atoms with van der Waals surface area (Å²) in [4.78, 5) is 16.8. The summed E-state index contributed by atoms with van der Waals surface area (Å²) in [5.41, 5.74) is 7.71. The van der Waals surface area contributed by atoms with Gasteiger partial charge in [-0.25, -0.2) is 4.68 Å². The number of benzene rings is 1. The summed E-state index contributed by atoms with van der Waals surface area (Å²) in [5, 5.41) is 12.2. The van der Waals surface area contributed by atoms with Crippen molar-refractivity contribution in [1.29, 1.82) is 0 Å². The van der Waals surface area contributed by atoms with E-state index in [0.717, 1.165) is 31.2 Å². The molecule has 0 radical (unpaired) electrons. The van der Waals surface area contributed by atoms with Gasteiger partial charge in [0.15, 0.2) is 0 Å². The first kappa shape index (κ1) is 18.5. The van der Waals surface area contributed by atoms with Crippen LogP contribution in [-0.2, 0) is 11.3 Å². The summed E-state index contributed by atoms with van der Waals surface area (Å²) >= 11 is 1.42. The number of aromatic nitrogens is 4. The highest BCUT2D eigenvalue weighted by molar-refractivity contribution is 7.98. The molecule has 0 unspecified atom stereocenters. The van der Waals surface area contributed by atoms with Gasteiger partial charge in [0.1, 0.15) is 23.0 Å². The van der Waals surface area contributed by atoms with E-state index >= 15 is 0 Å². The minimum absolute atomic E-state index is 0.0651. The van der Waals surface area contributed by atoms with E-state index in [9.17, 15) is 4.79 Å². The minimum atomic E-state index is -0.0872. The molecule has 4 rings (SSSR count). The summed E-state index contributed by atoms with van der Waals surface area (Å²) in [6.07, 6.45) is 6.29. The van der Waals surface area contributed by atoms with Gasteiger partial charge in [-0.1, -0.05) is 48.3 Å². The SMILES string of the molecule is CSc1nn(CC(=O)NC2CCCC2)c(N)c1-c1nc(-c2ccccc2)no1. The number of amides is 1. The Morgan fingerprint density at radius 1 is 1.32 bits per heavy atom. The first-order chi connectivity index (χ1) is 13.7. The molecule has 8 nitrogen and oxygen atoms in total. The van der Waals surface area contributed by atoms with Gasteiger partial charge in [0.05, 0.1) is 0 Å². The molecule has 2 heterocycles. The molecule has 2 aromatic heterocycles. The Labute approximate surface area is 166 Å². The fourth-order valence-corrected chi connectivity index (χ4v) is 4.00. The second-order valence-electron chi connectivity index (χ2n) is 6.77. The lowest BCUT2D eigenvalue weighted by molar-refractivity contribution is -0.122. The number of rotatable bonds is 6. The first-order valence-electron chi connectivity index (χ1n) is 9.25. The minimum Gasteiger partial charge on any atom is -0.383 e. The summed E-state index contributed by atoms with van der Waals surface area (Å²) in [6, 6.07) is 9.82. The Hall–Kier alpha value is -2.81. The van der Waals surface area contributed by atoms with Crippen LogP contribution in [-0.4, -0.2) is 38.1 Å². The average Bonchev–Trinajstić information content (AvgIpc) is 3.44. The largest absolute Gasteiger partial charge is 0.383 e. The third-order valence-corrected chi connectivity index (χ3v) is 5.51. The van der Waals surface area contributed by atoms with Gasteiger partial charge in [0, 0.05) is 11.6 Å². The van der Waals surface area contributed by atoms with E-state index < -0.39 is 0 Å². The van der Waals surface area contributed by atoms with Crippen LogP contribution >= 0.6 is 11.8 Å². The van der Waals surface area contributed by atoms with Crippen LogP contribution in [0.5, 0.6) is 0 Å². The number of carbonyl (C=O) groups excluding carboxylic acids is 1. The van der Waals surface area contributed by atoms with Gasteiger partial charge in [-0.2, -0.15) is 10.1 Å². The molecule has 1 saturated carbocycles. The van der Waals surface area contributed by atoms with Crippen molar-refractivity contribution in [2.75, 3.05) is 12.0 Å². The molecule has 1 aliphatic rings. The van der Waals surface area contributed by atoms with Gasteiger partial charge in [0.2, 0.25) is 11.7 Å². The molecule has 1 aliphatic carbocycles. The number of nitrogen functional groups attached to an aromatic ring is 1. The lowest BCUT2D eigenvalue weighted by atomic mass is 10.2. The highest BCUT2D eigenvalue weighted by Gasteiger charge is 2.24. The van der Waals surface area contributed by atoms with Crippen LogP contribution in [0.15, 0.2) is 39.9 Å². The van der Waals surface area contributed by atoms with Crippen LogP contribution in [0.1, 0.15) is 25.7 Å². The van der Waals surface area contributed by atoms with Gasteiger partial charge >= 0.3 is 0 Å². The maximum absolute atomic E-state index is 12.4. The number of nitrogens with two attached hydrogens (primary N) is 1. The van der Waals surface area contributed by atoms with Gasteiger partial charge in [-0.3, -0.25) is 4.79 Å². The van der Waals surface area contributed by atoms with E-state index in [1.807, 2.05) is 36.6 Å². The standard InChI is InChI=1S/C19H22N6O2S/c1-28-19-15(18-22-17(24-27-18)12-7-3-2-4-8-12)16(20)25(23-19)11-14(26)21-13-9-5-6-10-13/h2-4,7-8,13H,5-6,9-11,20H2,1H3,(H,21,26).